The predicted molar refractivity (Wildman–Crippen MR) is 74.4 cm³/mol. The van der Waals surface area contributed by atoms with Gasteiger partial charge in [-0.25, -0.2) is 0 Å². The monoisotopic (exact) mass is 261 g/mol. The summed E-state index contributed by atoms with van der Waals surface area (Å²) < 4.78 is 5.53. The maximum absolute atomic E-state index is 5.53. The van der Waals surface area contributed by atoms with Crippen molar-refractivity contribution in [3.05, 3.63) is 52.7 Å². The Kier molecular flexibility index (Phi) is 5.27. The maximum atomic E-state index is 5.53. The van der Waals surface area contributed by atoms with E-state index in [0.29, 0.717) is 13.2 Å². The van der Waals surface area contributed by atoms with Crippen LogP contribution in [0, 0.1) is 0 Å². The molecule has 3 nitrogen and oxygen atoms in total. The van der Waals surface area contributed by atoms with Crippen molar-refractivity contribution in [2.24, 2.45) is 5.16 Å². The molecular weight excluding hydrogens is 246 g/mol. The molecule has 0 saturated carbocycles. The lowest BCUT2D eigenvalue weighted by molar-refractivity contribution is 0.129. The summed E-state index contributed by atoms with van der Waals surface area (Å²) in [6, 6.07) is 13.7. The predicted octanol–water partition coefficient (Wildman–Crippen LogP) is 3.57. The third-order valence-corrected chi connectivity index (χ3v) is 3.00. The molecule has 2 aromatic rings. The van der Waals surface area contributed by atoms with E-state index in [9.17, 15) is 0 Å². The Balaban J connectivity index is 1.54. The molecule has 0 aliphatic heterocycles. The standard InChI is InChI=1S/C14H15NO2S/c1-2-6-13(7-3-1)16-9-5-10-17-15-12-14-8-4-11-18-14/h1-4,6-8,11-12H,5,9-10H2/b15-12+. The van der Waals surface area contributed by atoms with Gasteiger partial charge in [0.25, 0.3) is 0 Å². The molecule has 0 spiro atoms. The number of hydrogen-bond donors (Lipinski definition) is 0. The van der Waals surface area contributed by atoms with Gasteiger partial charge in [-0.3, -0.25) is 0 Å². The van der Waals surface area contributed by atoms with Gasteiger partial charge >= 0.3 is 0 Å². The number of rotatable bonds is 7. The number of oxime groups is 1. The second-order valence-electron chi connectivity index (χ2n) is 3.60. The van der Waals surface area contributed by atoms with Crippen LogP contribution in [0.3, 0.4) is 0 Å². The van der Waals surface area contributed by atoms with Crippen LogP contribution in [-0.4, -0.2) is 19.4 Å². The van der Waals surface area contributed by atoms with E-state index in [0.717, 1.165) is 17.0 Å². The van der Waals surface area contributed by atoms with E-state index < -0.39 is 0 Å². The van der Waals surface area contributed by atoms with Gasteiger partial charge in [-0.15, -0.1) is 11.3 Å². The molecule has 0 fully saturated rings. The van der Waals surface area contributed by atoms with E-state index >= 15 is 0 Å². The molecule has 0 aliphatic rings. The van der Waals surface area contributed by atoms with Gasteiger partial charge < -0.3 is 9.57 Å². The normalized spacial score (nSPS) is 10.7. The molecule has 0 N–H and O–H groups in total. The van der Waals surface area contributed by atoms with Crippen molar-refractivity contribution < 1.29 is 9.57 Å². The van der Waals surface area contributed by atoms with Crippen LogP contribution in [0.25, 0.3) is 0 Å². The second kappa shape index (κ2) is 7.50. The van der Waals surface area contributed by atoms with Gasteiger partial charge in [-0.2, -0.15) is 0 Å². The fraction of sp³-hybridized carbons (Fsp3) is 0.214. The van der Waals surface area contributed by atoms with Crippen LogP contribution in [0.5, 0.6) is 5.75 Å². The van der Waals surface area contributed by atoms with Crippen molar-refractivity contribution in [3.8, 4) is 5.75 Å². The van der Waals surface area contributed by atoms with E-state index in [1.807, 2.05) is 47.8 Å². The minimum atomic E-state index is 0.564. The fourth-order valence-electron chi connectivity index (χ4n) is 1.34. The van der Waals surface area contributed by atoms with Crippen molar-refractivity contribution in [2.45, 2.75) is 6.42 Å². The highest BCUT2D eigenvalue weighted by Gasteiger charge is 1.92. The average Bonchev–Trinajstić information content (AvgIpc) is 2.92. The van der Waals surface area contributed by atoms with E-state index in [1.54, 1.807) is 17.6 Å². The van der Waals surface area contributed by atoms with Crippen LogP contribution in [0.1, 0.15) is 11.3 Å². The Labute approximate surface area is 111 Å². The molecule has 1 aromatic heterocycles. The number of thiophene rings is 1. The Hall–Kier alpha value is -1.81. The molecular formula is C14H15NO2S. The van der Waals surface area contributed by atoms with Crippen molar-refractivity contribution in [1.29, 1.82) is 0 Å². The van der Waals surface area contributed by atoms with Crippen molar-refractivity contribution in [2.75, 3.05) is 13.2 Å². The Morgan fingerprint density at radius 3 is 2.72 bits per heavy atom. The molecule has 0 atom stereocenters. The molecule has 0 saturated heterocycles. The van der Waals surface area contributed by atoms with Crippen molar-refractivity contribution >= 4 is 17.6 Å². The minimum absolute atomic E-state index is 0.564. The number of ether oxygens (including phenoxy) is 1. The molecule has 2 rings (SSSR count). The first-order valence-corrected chi connectivity index (χ1v) is 6.70. The Bertz CT molecular complexity index is 454. The SMILES string of the molecule is C(=N\OCCCOc1ccccc1)/c1cccs1. The summed E-state index contributed by atoms with van der Waals surface area (Å²) in [5.74, 6) is 0.889. The Morgan fingerprint density at radius 2 is 1.94 bits per heavy atom. The van der Waals surface area contributed by atoms with Crippen LogP contribution in [0.15, 0.2) is 53.0 Å². The van der Waals surface area contributed by atoms with E-state index in [1.165, 1.54) is 0 Å². The van der Waals surface area contributed by atoms with Gasteiger partial charge in [0.2, 0.25) is 0 Å². The lowest BCUT2D eigenvalue weighted by Crippen LogP contribution is -2.00. The number of nitrogens with zero attached hydrogens (tertiary/aromatic N) is 1. The van der Waals surface area contributed by atoms with Gasteiger partial charge in [-0.1, -0.05) is 29.4 Å². The molecule has 1 heterocycles. The summed E-state index contributed by atoms with van der Waals surface area (Å²) in [5.41, 5.74) is 0. The highest BCUT2D eigenvalue weighted by atomic mass is 32.1. The lowest BCUT2D eigenvalue weighted by atomic mass is 10.3. The number of benzene rings is 1. The van der Waals surface area contributed by atoms with Crippen LogP contribution in [-0.2, 0) is 4.84 Å². The highest BCUT2D eigenvalue weighted by Crippen LogP contribution is 2.08. The topological polar surface area (TPSA) is 30.8 Å². The van der Waals surface area contributed by atoms with Gasteiger partial charge in [-0.05, 0) is 23.6 Å². The fourth-order valence-corrected chi connectivity index (χ4v) is 1.91. The van der Waals surface area contributed by atoms with Crippen molar-refractivity contribution in [3.63, 3.8) is 0 Å². The van der Waals surface area contributed by atoms with E-state index in [4.69, 9.17) is 9.57 Å². The largest absolute Gasteiger partial charge is 0.493 e. The molecule has 0 radical (unpaired) electrons. The average molecular weight is 261 g/mol. The summed E-state index contributed by atoms with van der Waals surface area (Å²) >= 11 is 1.63. The third-order valence-electron chi connectivity index (χ3n) is 2.19. The summed E-state index contributed by atoms with van der Waals surface area (Å²) in [6.07, 6.45) is 2.54. The Morgan fingerprint density at radius 1 is 1.06 bits per heavy atom. The van der Waals surface area contributed by atoms with Crippen LogP contribution >= 0.6 is 11.3 Å². The zero-order valence-corrected chi connectivity index (χ0v) is 10.8. The first-order valence-electron chi connectivity index (χ1n) is 5.82. The molecule has 4 heteroatoms. The first kappa shape index (κ1) is 12.6. The summed E-state index contributed by atoms with van der Waals surface area (Å²) in [6.45, 7) is 1.20. The van der Waals surface area contributed by atoms with Gasteiger partial charge in [0.1, 0.15) is 12.4 Å². The molecule has 0 unspecified atom stereocenters. The zero-order chi connectivity index (χ0) is 12.5. The van der Waals surface area contributed by atoms with Gasteiger partial charge in [0.15, 0.2) is 0 Å². The smallest absolute Gasteiger partial charge is 0.120 e. The summed E-state index contributed by atoms with van der Waals surface area (Å²) in [7, 11) is 0. The highest BCUT2D eigenvalue weighted by molar-refractivity contribution is 7.11. The van der Waals surface area contributed by atoms with E-state index in [2.05, 4.69) is 5.16 Å². The number of hydrogen-bond acceptors (Lipinski definition) is 4. The molecule has 0 bridgehead atoms. The van der Waals surface area contributed by atoms with Gasteiger partial charge in [0.05, 0.1) is 12.8 Å². The summed E-state index contributed by atoms with van der Waals surface area (Å²) in [4.78, 5) is 6.23. The number of para-hydroxylation sites is 1. The summed E-state index contributed by atoms with van der Waals surface area (Å²) in [5, 5.41) is 5.90. The van der Waals surface area contributed by atoms with Crippen LogP contribution in [0.4, 0.5) is 0 Å². The molecule has 0 amide bonds. The zero-order valence-electron chi connectivity index (χ0n) is 9.99. The second-order valence-corrected chi connectivity index (χ2v) is 4.58. The molecule has 18 heavy (non-hydrogen) atoms. The minimum Gasteiger partial charge on any atom is -0.493 e. The maximum Gasteiger partial charge on any atom is 0.120 e. The third kappa shape index (κ3) is 4.59. The quantitative estimate of drug-likeness (QED) is 0.433. The molecule has 0 aliphatic carbocycles. The molecule has 1 aromatic carbocycles. The van der Waals surface area contributed by atoms with Crippen LogP contribution in [0.2, 0.25) is 0 Å². The molecule has 94 valence electrons. The van der Waals surface area contributed by atoms with E-state index in [-0.39, 0.29) is 0 Å². The lowest BCUT2D eigenvalue weighted by Gasteiger charge is -2.04. The van der Waals surface area contributed by atoms with Crippen molar-refractivity contribution in [1.82, 2.24) is 0 Å². The van der Waals surface area contributed by atoms with Gasteiger partial charge in [0, 0.05) is 11.3 Å². The van der Waals surface area contributed by atoms with Crippen LogP contribution < -0.4 is 4.74 Å². The first-order chi connectivity index (χ1) is 8.95.